The molecule has 0 bridgehead atoms. The van der Waals surface area contributed by atoms with Crippen molar-refractivity contribution in [3.63, 3.8) is 0 Å². The summed E-state index contributed by atoms with van der Waals surface area (Å²) in [5.41, 5.74) is 3.04. The molecule has 0 saturated heterocycles. The third-order valence-corrected chi connectivity index (χ3v) is 3.42. The summed E-state index contributed by atoms with van der Waals surface area (Å²) >= 11 is 0. The number of hydrogen-bond acceptors (Lipinski definition) is 3. The van der Waals surface area contributed by atoms with Crippen LogP contribution in [0.2, 0.25) is 0 Å². The third kappa shape index (κ3) is 2.63. The van der Waals surface area contributed by atoms with Gasteiger partial charge in [0, 0.05) is 18.8 Å². The van der Waals surface area contributed by atoms with Gasteiger partial charge in [-0.05, 0) is 32.0 Å². The second-order valence-corrected chi connectivity index (χ2v) is 5.17. The molecule has 6 heteroatoms. The van der Waals surface area contributed by atoms with Crippen LogP contribution in [0.3, 0.4) is 0 Å². The Balaban J connectivity index is 1.91. The van der Waals surface area contributed by atoms with Crippen LogP contribution in [0, 0.1) is 13.8 Å². The van der Waals surface area contributed by atoms with Crippen molar-refractivity contribution in [3.05, 3.63) is 59.5 Å². The van der Waals surface area contributed by atoms with Crippen LogP contribution in [0.25, 0.3) is 5.69 Å². The lowest BCUT2D eigenvalue weighted by Crippen LogP contribution is -2.16. The summed E-state index contributed by atoms with van der Waals surface area (Å²) in [6, 6.07) is 13.3. The molecule has 0 unspecified atom stereocenters. The molecule has 0 saturated carbocycles. The minimum atomic E-state index is -0.249. The molecule has 2 aromatic heterocycles. The number of amides is 1. The minimum absolute atomic E-state index is 0.249. The lowest BCUT2D eigenvalue weighted by atomic mass is 10.3. The fraction of sp³-hybridized carbons (Fsp3) is 0.188. The first-order valence-electron chi connectivity index (χ1n) is 6.98. The van der Waals surface area contributed by atoms with Crippen molar-refractivity contribution in [3.8, 4) is 5.69 Å². The lowest BCUT2D eigenvalue weighted by Gasteiger charge is -2.07. The predicted molar refractivity (Wildman–Crippen MR) is 84.2 cm³/mol. The summed E-state index contributed by atoms with van der Waals surface area (Å²) in [5, 5.41) is 11.5. The molecule has 1 N–H and O–H groups in total. The molecule has 0 aliphatic rings. The van der Waals surface area contributed by atoms with Gasteiger partial charge in [0.15, 0.2) is 5.69 Å². The summed E-state index contributed by atoms with van der Waals surface area (Å²) in [6.07, 6.45) is 0. The van der Waals surface area contributed by atoms with Gasteiger partial charge in [-0.2, -0.15) is 10.2 Å². The maximum atomic E-state index is 12.3. The van der Waals surface area contributed by atoms with E-state index in [4.69, 9.17) is 0 Å². The van der Waals surface area contributed by atoms with E-state index in [0.717, 1.165) is 17.1 Å². The van der Waals surface area contributed by atoms with Crippen molar-refractivity contribution in [2.45, 2.75) is 13.8 Å². The fourth-order valence-electron chi connectivity index (χ4n) is 2.21. The largest absolute Gasteiger partial charge is 0.305 e. The van der Waals surface area contributed by atoms with E-state index in [9.17, 15) is 4.79 Å². The van der Waals surface area contributed by atoms with Crippen molar-refractivity contribution >= 4 is 11.7 Å². The average molecular weight is 295 g/mol. The van der Waals surface area contributed by atoms with Gasteiger partial charge >= 0.3 is 0 Å². The van der Waals surface area contributed by atoms with Gasteiger partial charge in [0.25, 0.3) is 5.91 Å². The number of nitrogens with one attached hydrogen (secondary N) is 1. The Morgan fingerprint density at radius 1 is 1.09 bits per heavy atom. The van der Waals surface area contributed by atoms with Gasteiger partial charge < -0.3 is 5.32 Å². The minimum Gasteiger partial charge on any atom is -0.305 e. The van der Waals surface area contributed by atoms with Gasteiger partial charge in [-0.1, -0.05) is 18.2 Å². The molecular formula is C16H17N5O. The summed E-state index contributed by atoms with van der Waals surface area (Å²) in [6.45, 7) is 3.79. The zero-order chi connectivity index (χ0) is 15.7. The molecule has 3 rings (SSSR count). The molecule has 0 fully saturated rings. The smallest absolute Gasteiger partial charge is 0.277 e. The standard InChI is InChI=1S/C16H17N5O/c1-11-9-15(21(18-11)13-7-5-4-6-8-13)17-16(22)14-10-12(2)20(3)19-14/h4-10H,1-3H3,(H,17,22). The number of carbonyl (C=O) groups is 1. The first-order valence-corrected chi connectivity index (χ1v) is 6.98. The van der Waals surface area contributed by atoms with E-state index >= 15 is 0 Å². The van der Waals surface area contributed by atoms with Gasteiger partial charge in [-0.25, -0.2) is 4.68 Å². The summed E-state index contributed by atoms with van der Waals surface area (Å²) in [7, 11) is 1.81. The fourth-order valence-corrected chi connectivity index (χ4v) is 2.21. The molecule has 6 nitrogen and oxygen atoms in total. The predicted octanol–water partition coefficient (Wildman–Crippen LogP) is 2.47. The number of rotatable bonds is 3. The van der Waals surface area contributed by atoms with Crippen LogP contribution in [0.1, 0.15) is 21.9 Å². The summed E-state index contributed by atoms with van der Waals surface area (Å²) < 4.78 is 3.39. The molecule has 3 aromatic rings. The number of hydrogen-bond donors (Lipinski definition) is 1. The van der Waals surface area contributed by atoms with Crippen molar-refractivity contribution in [2.24, 2.45) is 7.05 Å². The lowest BCUT2D eigenvalue weighted by molar-refractivity contribution is 0.102. The van der Waals surface area contributed by atoms with Gasteiger partial charge in [0.05, 0.1) is 11.4 Å². The molecular weight excluding hydrogens is 278 g/mol. The Bertz CT molecular complexity index is 797. The molecule has 0 aliphatic heterocycles. The first kappa shape index (κ1) is 14.1. The highest BCUT2D eigenvalue weighted by Crippen LogP contribution is 2.17. The second kappa shape index (κ2) is 5.48. The molecule has 0 radical (unpaired) electrons. The van der Waals surface area contributed by atoms with Crippen molar-refractivity contribution in [1.82, 2.24) is 19.6 Å². The quantitative estimate of drug-likeness (QED) is 0.807. The van der Waals surface area contributed by atoms with Gasteiger partial charge in [0.1, 0.15) is 5.82 Å². The van der Waals surface area contributed by atoms with Crippen LogP contribution in [-0.4, -0.2) is 25.5 Å². The van der Waals surface area contributed by atoms with Crippen LogP contribution in [0.5, 0.6) is 0 Å². The summed E-state index contributed by atoms with van der Waals surface area (Å²) in [5.74, 6) is 0.373. The van der Waals surface area contributed by atoms with Gasteiger partial charge in [-0.15, -0.1) is 0 Å². The second-order valence-electron chi connectivity index (χ2n) is 5.17. The molecule has 0 spiro atoms. The van der Waals surface area contributed by atoms with E-state index in [1.807, 2.05) is 57.3 Å². The van der Waals surface area contributed by atoms with Crippen LogP contribution >= 0.6 is 0 Å². The Hall–Kier alpha value is -2.89. The highest BCUT2D eigenvalue weighted by Gasteiger charge is 2.15. The number of aryl methyl sites for hydroxylation is 3. The Morgan fingerprint density at radius 3 is 2.45 bits per heavy atom. The van der Waals surface area contributed by atoms with E-state index in [-0.39, 0.29) is 5.91 Å². The molecule has 0 aliphatic carbocycles. The SMILES string of the molecule is Cc1cc(NC(=O)c2cc(C)n(C)n2)n(-c2ccccc2)n1. The highest BCUT2D eigenvalue weighted by atomic mass is 16.2. The maximum Gasteiger partial charge on any atom is 0.277 e. The molecule has 22 heavy (non-hydrogen) atoms. The van der Waals surface area contributed by atoms with Crippen molar-refractivity contribution in [1.29, 1.82) is 0 Å². The molecule has 1 amide bonds. The number of aromatic nitrogens is 4. The topological polar surface area (TPSA) is 64.7 Å². The number of carbonyl (C=O) groups excluding carboxylic acids is 1. The number of nitrogens with zero attached hydrogens (tertiary/aromatic N) is 4. The van der Waals surface area contributed by atoms with Gasteiger partial charge in [-0.3, -0.25) is 9.48 Å². The number of anilines is 1. The third-order valence-electron chi connectivity index (χ3n) is 3.42. The van der Waals surface area contributed by atoms with Gasteiger partial charge in [0.2, 0.25) is 0 Å². The molecule has 112 valence electrons. The Kier molecular flexibility index (Phi) is 3.50. The molecule has 0 atom stereocenters. The van der Waals surface area contributed by atoms with E-state index in [2.05, 4.69) is 15.5 Å². The average Bonchev–Trinajstić information content (AvgIpc) is 3.03. The van der Waals surface area contributed by atoms with Crippen LogP contribution in [0.4, 0.5) is 5.82 Å². The van der Waals surface area contributed by atoms with Crippen molar-refractivity contribution in [2.75, 3.05) is 5.32 Å². The molecule has 1 aromatic carbocycles. The highest BCUT2D eigenvalue weighted by molar-refractivity contribution is 6.02. The maximum absolute atomic E-state index is 12.3. The van der Waals surface area contributed by atoms with E-state index < -0.39 is 0 Å². The Morgan fingerprint density at radius 2 is 1.82 bits per heavy atom. The zero-order valence-corrected chi connectivity index (χ0v) is 12.7. The molecule has 2 heterocycles. The normalized spacial score (nSPS) is 10.7. The van der Waals surface area contributed by atoms with Crippen LogP contribution < -0.4 is 5.32 Å². The van der Waals surface area contributed by atoms with E-state index in [0.29, 0.717) is 11.5 Å². The number of benzene rings is 1. The van der Waals surface area contributed by atoms with E-state index in [1.54, 1.807) is 15.4 Å². The van der Waals surface area contributed by atoms with Crippen LogP contribution in [-0.2, 0) is 7.05 Å². The monoisotopic (exact) mass is 295 g/mol. The van der Waals surface area contributed by atoms with Crippen LogP contribution in [0.15, 0.2) is 42.5 Å². The summed E-state index contributed by atoms with van der Waals surface area (Å²) in [4.78, 5) is 12.3. The van der Waals surface area contributed by atoms with E-state index in [1.165, 1.54) is 0 Å². The first-order chi connectivity index (χ1) is 10.5. The number of para-hydroxylation sites is 1. The zero-order valence-electron chi connectivity index (χ0n) is 12.7. The van der Waals surface area contributed by atoms with Crippen molar-refractivity contribution < 1.29 is 4.79 Å². The Labute approximate surface area is 128 Å².